The van der Waals surface area contributed by atoms with Crippen LogP contribution in [0.25, 0.3) is 5.53 Å². The molecule has 22 heavy (non-hydrogen) atoms. The summed E-state index contributed by atoms with van der Waals surface area (Å²) in [6, 6.07) is 0. The molecule has 1 unspecified atom stereocenters. The summed E-state index contributed by atoms with van der Waals surface area (Å²) in [5, 5.41) is 7.91. The van der Waals surface area contributed by atoms with E-state index < -0.39 is 46.0 Å². The molecule has 118 valence electrons. The number of nitrogens with zero attached hydrogens (tertiary/aromatic N) is 3. The van der Waals surface area contributed by atoms with Gasteiger partial charge in [0, 0.05) is 6.92 Å². The summed E-state index contributed by atoms with van der Waals surface area (Å²) in [7, 11) is -1.93. The molecule has 0 aromatic carbocycles. The van der Waals surface area contributed by atoms with E-state index in [4.69, 9.17) is 10.3 Å². The topological polar surface area (TPSA) is 137 Å². The number of β-lactam (4-membered cyclic amide) rings is 1. The van der Waals surface area contributed by atoms with Crippen LogP contribution < -0.4 is 0 Å². The molecule has 10 heteroatoms. The van der Waals surface area contributed by atoms with Gasteiger partial charge in [-0.1, -0.05) is 0 Å². The summed E-state index contributed by atoms with van der Waals surface area (Å²) >= 11 is 0. The Morgan fingerprint density at radius 3 is 2.55 bits per heavy atom. The second-order valence-corrected chi connectivity index (χ2v) is 6.38. The van der Waals surface area contributed by atoms with E-state index >= 15 is 0 Å². The highest BCUT2D eigenvalue weighted by Gasteiger charge is 2.62. The summed E-state index contributed by atoms with van der Waals surface area (Å²) in [5.74, 6) is -3.56. The van der Waals surface area contributed by atoms with Crippen molar-refractivity contribution in [3.8, 4) is 0 Å². The third-order valence-electron chi connectivity index (χ3n) is 3.56. The van der Waals surface area contributed by atoms with Crippen molar-refractivity contribution >= 4 is 33.7 Å². The van der Waals surface area contributed by atoms with Crippen LogP contribution in [0.4, 0.5) is 0 Å². The predicted octanol–water partition coefficient (Wildman–Crippen LogP) is -0.528. The number of fused-ring (bicyclic) bond motifs is 1. The maximum absolute atomic E-state index is 12.4. The van der Waals surface area contributed by atoms with Crippen LogP contribution in [-0.4, -0.2) is 53.4 Å². The number of carboxylic acids is 1. The van der Waals surface area contributed by atoms with E-state index in [1.165, 1.54) is 20.8 Å². The average molecular weight is 327 g/mol. The Balaban J connectivity index is 2.48. The second-order valence-electron chi connectivity index (χ2n) is 4.92. The zero-order valence-corrected chi connectivity index (χ0v) is 12.8. The van der Waals surface area contributed by atoms with Crippen molar-refractivity contribution in [1.29, 1.82) is 0 Å². The Morgan fingerprint density at radius 1 is 1.50 bits per heavy atom. The fraction of sp³-hybridized carbons (Fsp3) is 0.500. The maximum atomic E-state index is 12.4. The molecule has 1 N–H and O–H groups in total. The Kier molecular flexibility index (Phi) is 3.99. The number of carbonyl (C=O) groups excluding carboxylic acids is 2. The fourth-order valence-corrected chi connectivity index (χ4v) is 4.36. The summed E-state index contributed by atoms with van der Waals surface area (Å²) in [4.78, 5) is 38.4. The highest BCUT2D eigenvalue weighted by atomic mass is 32.2. The van der Waals surface area contributed by atoms with Crippen LogP contribution in [0, 0.1) is 5.92 Å². The number of aliphatic carboxylic acids is 1. The van der Waals surface area contributed by atoms with Crippen LogP contribution in [0.5, 0.6) is 0 Å². The van der Waals surface area contributed by atoms with Crippen LogP contribution in [-0.2, 0) is 29.9 Å². The van der Waals surface area contributed by atoms with Crippen LogP contribution in [0.1, 0.15) is 20.8 Å². The third-order valence-corrected chi connectivity index (χ3v) is 5.27. The zero-order chi connectivity index (χ0) is 16.8. The number of rotatable bonds is 3. The van der Waals surface area contributed by atoms with Gasteiger partial charge in [0.05, 0.1) is 5.57 Å². The molecule has 1 saturated heterocycles. The van der Waals surface area contributed by atoms with Gasteiger partial charge in [-0.3, -0.25) is 14.5 Å². The first kappa shape index (κ1) is 16.1. The van der Waals surface area contributed by atoms with Gasteiger partial charge in [-0.05, 0) is 13.8 Å². The van der Waals surface area contributed by atoms with Crippen molar-refractivity contribution < 1.29 is 33.2 Å². The standard InChI is InChI=1S/C12H13N3O6S/c1-4-8(12(18)19)15-10(17)7(5(2)21-6(3)16)11(15)22(20)9(4)14-13/h5,7,11H,1-3H3,(H,18,19)/t5?,7-,11-,22-/m0/s1. The lowest BCUT2D eigenvalue weighted by Crippen LogP contribution is -2.69. The van der Waals surface area contributed by atoms with Gasteiger partial charge in [0.15, 0.2) is 10.8 Å². The molecule has 2 heterocycles. The number of hydrogen-bond acceptors (Lipinski definition) is 5. The highest BCUT2D eigenvalue weighted by molar-refractivity contribution is 8.01. The minimum absolute atomic E-state index is 0.0449. The molecule has 0 spiro atoms. The van der Waals surface area contributed by atoms with Crippen LogP contribution in [0.3, 0.4) is 0 Å². The van der Waals surface area contributed by atoms with Crippen molar-refractivity contribution in [2.24, 2.45) is 5.92 Å². The van der Waals surface area contributed by atoms with E-state index in [2.05, 4.69) is 4.79 Å². The summed E-state index contributed by atoms with van der Waals surface area (Å²) < 4.78 is 17.3. The van der Waals surface area contributed by atoms with Gasteiger partial charge >= 0.3 is 17.0 Å². The Bertz CT molecular complexity index is 693. The summed E-state index contributed by atoms with van der Waals surface area (Å²) in [6.45, 7) is 3.94. The van der Waals surface area contributed by atoms with Crippen LogP contribution in [0.2, 0.25) is 0 Å². The van der Waals surface area contributed by atoms with Gasteiger partial charge in [0.1, 0.15) is 23.1 Å². The molecular weight excluding hydrogens is 314 g/mol. The number of carboxylic acid groups (broad SMARTS) is 1. The first-order valence-electron chi connectivity index (χ1n) is 6.29. The van der Waals surface area contributed by atoms with E-state index in [1.54, 1.807) is 0 Å². The van der Waals surface area contributed by atoms with Gasteiger partial charge in [-0.2, -0.15) is 4.79 Å². The fourth-order valence-electron chi connectivity index (χ4n) is 2.65. The normalized spacial score (nSPS) is 28.5. The predicted molar refractivity (Wildman–Crippen MR) is 72.5 cm³/mol. The SMILES string of the molecule is CC(=O)OC(C)[C@H]1C(=O)N2C(C(=O)O)=C(C)C(=[N+]=[N-])[S@](=O)[C@@H]12. The maximum Gasteiger partial charge on any atom is 0.386 e. The van der Waals surface area contributed by atoms with Crippen LogP contribution in [0.15, 0.2) is 11.3 Å². The Morgan fingerprint density at radius 2 is 2.09 bits per heavy atom. The first-order chi connectivity index (χ1) is 10.2. The molecule has 2 aliphatic rings. The first-order valence-corrected chi connectivity index (χ1v) is 7.51. The van der Waals surface area contributed by atoms with Crippen molar-refractivity contribution in [1.82, 2.24) is 4.90 Å². The lowest BCUT2D eigenvalue weighted by Gasteiger charge is -2.48. The molecule has 4 atom stereocenters. The molecule has 0 aromatic heterocycles. The monoisotopic (exact) mass is 327 g/mol. The minimum atomic E-state index is -1.93. The molecule has 1 fully saturated rings. The van der Waals surface area contributed by atoms with Crippen LogP contribution >= 0.6 is 0 Å². The van der Waals surface area contributed by atoms with E-state index in [0.717, 1.165) is 4.90 Å². The van der Waals surface area contributed by atoms with Gasteiger partial charge in [0.25, 0.3) is 0 Å². The van der Waals surface area contributed by atoms with Crippen molar-refractivity contribution in [2.75, 3.05) is 0 Å². The van der Waals surface area contributed by atoms with Gasteiger partial charge in [-0.15, -0.1) is 0 Å². The molecule has 0 aromatic rings. The molecule has 2 aliphatic heterocycles. The smallest absolute Gasteiger partial charge is 0.386 e. The molecule has 1 amide bonds. The lowest BCUT2D eigenvalue weighted by molar-refractivity contribution is -0.166. The lowest BCUT2D eigenvalue weighted by atomic mass is 9.91. The molecule has 9 nitrogen and oxygen atoms in total. The van der Waals surface area contributed by atoms with Gasteiger partial charge in [0.2, 0.25) is 5.91 Å². The summed E-state index contributed by atoms with van der Waals surface area (Å²) in [6.07, 6.45) is -0.872. The molecule has 0 aliphatic carbocycles. The number of esters is 1. The average Bonchev–Trinajstić information content (AvgIpc) is 2.39. The zero-order valence-electron chi connectivity index (χ0n) is 12.0. The minimum Gasteiger partial charge on any atom is -0.477 e. The van der Waals surface area contributed by atoms with Crippen molar-refractivity contribution in [3.05, 3.63) is 16.8 Å². The van der Waals surface area contributed by atoms with Gasteiger partial charge in [-0.25, -0.2) is 9.00 Å². The quantitative estimate of drug-likeness (QED) is 0.320. The van der Waals surface area contributed by atoms with Crippen molar-refractivity contribution in [3.63, 3.8) is 0 Å². The largest absolute Gasteiger partial charge is 0.477 e. The molecular formula is C12H13N3O6S. The van der Waals surface area contributed by atoms with Gasteiger partial charge < -0.3 is 15.4 Å². The van der Waals surface area contributed by atoms with Crippen molar-refractivity contribution in [2.45, 2.75) is 32.2 Å². The van der Waals surface area contributed by atoms with E-state index in [9.17, 15) is 23.7 Å². The molecule has 2 rings (SSSR count). The second kappa shape index (κ2) is 5.47. The molecule has 0 bridgehead atoms. The Hall–Kier alpha value is -2.32. The highest BCUT2D eigenvalue weighted by Crippen LogP contribution is 2.41. The van der Waals surface area contributed by atoms with E-state index in [1.807, 2.05) is 0 Å². The molecule has 0 saturated carbocycles. The van der Waals surface area contributed by atoms with E-state index in [0.29, 0.717) is 0 Å². The number of amides is 1. The number of hydrogen-bond donors (Lipinski definition) is 1. The Labute approximate surface area is 127 Å². The number of ether oxygens (including phenoxy) is 1. The number of carbonyl (C=O) groups is 3. The third kappa shape index (κ3) is 2.16. The summed E-state index contributed by atoms with van der Waals surface area (Å²) in [5.41, 5.74) is 8.55. The molecule has 0 radical (unpaired) electrons. The van der Waals surface area contributed by atoms with E-state index in [-0.39, 0.29) is 16.3 Å².